The van der Waals surface area contributed by atoms with E-state index in [1.807, 2.05) is 0 Å². The molecule has 11 nitrogen and oxygen atoms in total. The van der Waals surface area contributed by atoms with E-state index in [0.29, 0.717) is 12.8 Å². The largest absolute Gasteiger partial charge is 0.412 e. The molecule has 2 aliphatic carbocycles. The van der Waals surface area contributed by atoms with E-state index in [1.54, 1.807) is 0 Å². The van der Waals surface area contributed by atoms with E-state index in [4.69, 9.17) is 22.9 Å². The maximum absolute atomic E-state index is 11.6. The lowest BCUT2D eigenvalue weighted by Crippen LogP contribution is -2.46. The molecule has 0 aromatic rings. The van der Waals surface area contributed by atoms with Crippen molar-refractivity contribution >= 4 is 23.6 Å². The molecule has 2 atom stereocenters. The predicted molar refractivity (Wildman–Crippen MR) is 126 cm³/mol. The van der Waals surface area contributed by atoms with Crippen molar-refractivity contribution in [3.8, 4) is 0 Å². The number of nitrogens with two attached hydrogens (primary N) is 4. The van der Waals surface area contributed by atoms with Gasteiger partial charge in [-0.2, -0.15) is 0 Å². The van der Waals surface area contributed by atoms with Crippen molar-refractivity contribution in [2.75, 3.05) is 0 Å². The molecule has 4 amide bonds. The molecule has 2 aliphatic rings. The Bertz CT molecular complexity index is 554. The average Bonchev–Trinajstić information content (AvgIpc) is 2.77. The van der Waals surface area contributed by atoms with Gasteiger partial charge in [0, 0.05) is 24.9 Å². The van der Waals surface area contributed by atoms with Gasteiger partial charge >= 0.3 is 0 Å². The number of primary amides is 2. The van der Waals surface area contributed by atoms with Crippen LogP contribution in [-0.2, 0) is 19.2 Å². The lowest BCUT2D eigenvalue weighted by atomic mass is 9.95. The van der Waals surface area contributed by atoms with Gasteiger partial charge < -0.3 is 39.0 Å². The van der Waals surface area contributed by atoms with E-state index in [9.17, 15) is 19.2 Å². The second-order valence-corrected chi connectivity index (χ2v) is 8.91. The van der Waals surface area contributed by atoms with Crippen LogP contribution in [0.25, 0.3) is 0 Å². The third-order valence-corrected chi connectivity index (χ3v) is 5.98. The van der Waals surface area contributed by atoms with Gasteiger partial charge in [-0.05, 0) is 38.5 Å². The summed E-state index contributed by atoms with van der Waals surface area (Å²) in [6, 6.07) is -0.703. The van der Waals surface area contributed by atoms with Crippen LogP contribution in [0.15, 0.2) is 0 Å². The van der Waals surface area contributed by atoms with Crippen LogP contribution in [0.4, 0.5) is 0 Å². The van der Waals surface area contributed by atoms with Gasteiger partial charge in [-0.25, -0.2) is 0 Å². The Kier molecular flexibility index (Phi) is 16.1. The molecule has 0 unspecified atom stereocenters. The maximum Gasteiger partial charge on any atom is 0.237 e. The highest BCUT2D eigenvalue weighted by Gasteiger charge is 2.21. The maximum atomic E-state index is 11.6. The normalized spacial score (nSPS) is 18.5. The molecule has 12 N–H and O–H groups in total. The molecule has 0 aromatic carbocycles. The molecule has 0 spiro atoms. The van der Waals surface area contributed by atoms with Crippen LogP contribution in [0.2, 0.25) is 0 Å². The number of amides is 4. The van der Waals surface area contributed by atoms with Crippen molar-refractivity contribution < 1.29 is 24.7 Å². The highest BCUT2D eigenvalue weighted by Crippen LogP contribution is 2.18. The van der Waals surface area contributed by atoms with Crippen LogP contribution in [-0.4, -0.2) is 53.3 Å². The van der Waals surface area contributed by atoms with E-state index in [1.165, 1.54) is 38.5 Å². The third-order valence-electron chi connectivity index (χ3n) is 5.98. The van der Waals surface area contributed by atoms with E-state index >= 15 is 0 Å². The van der Waals surface area contributed by atoms with Gasteiger partial charge in [-0.1, -0.05) is 38.5 Å². The Morgan fingerprint density at radius 1 is 0.636 bits per heavy atom. The summed E-state index contributed by atoms with van der Waals surface area (Å²) in [6.07, 6.45) is 12.3. The first kappa shape index (κ1) is 30.8. The molecule has 0 aromatic heterocycles. The number of carbonyl (C=O) groups excluding carboxylic acids is 4. The molecule has 2 saturated carbocycles. The molecular formula is C22H44N6O5. The Balaban J connectivity index is 0.000000602. The number of hydrogen-bond donors (Lipinski definition) is 6. The standard InChI is InChI=1S/2C11H21N3O2.H2O/c2*12-9(6-7-10(13)15)11(16)14-8-4-2-1-3-5-8;/h2*8-9H,1-7,12H2,(H2,13,15)(H,14,16);1H2/t2*9-;/m00./s1. The van der Waals surface area contributed by atoms with Gasteiger partial charge in [-0.3, -0.25) is 19.2 Å². The Morgan fingerprint density at radius 2 is 0.939 bits per heavy atom. The monoisotopic (exact) mass is 472 g/mol. The van der Waals surface area contributed by atoms with Crippen molar-refractivity contribution in [1.29, 1.82) is 0 Å². The SMILES string of the molecule is NC(=O)CC[C@H](N)C(=O)NC1CCCCC1.NC(=O)CC[C@H](N)C(=O)NC1CCCCC1.O. The molecular weight excluding hydrogens is 428 g/mol. The minimum absolute atomic E-state index is 0. The molecule has 192 valence electrons. The summed E-state index contributed by atoms with van der Waals surface area (Å²) in [4.78, 5) is 44.4. The molecule has 11 heteroatoms. The van der Waals surface area contributed by atoms with E-state index < -0.39 is 23.9 Å². The summed E-state index contributed by atoms with van der Waals surface area (Å²) >= 11 is 0. The van der Waals surface area contributed by atoms with Crippen molar-refractivity contribution in [2.45, 2.75) is 114 Å². The van der Waals surface area contributed by atoms with Crippen LogP contribution >= 0.6 is 0 Å². The van der Waals surface area contributed by atoms with Gasteiger partial charge in [0.15, 0.2) is 0 Å². The number of carbonyl (C=O) groups is 4. The van der Waals surface area contributed by atoms with E-state index in [0.717, 1.165) is 25.7 Å². The minimum atomic E-state index is -0.616. The number of rotatable bonds is 10. The summed E-state index contributed by atoms with van der Waals surface area (Å²) in [5, 5.41) is 5.85. The molecule has 0 bridgehead atoms. The molecule has 0 radical (unpaired) electrons. The molecule has 33 heavy (non-hydrogen) atoms. The van der Waals surface area contributed by atoms with Crippen molar-refractivity contribution in [3.05, 3.63) is 0 Å². The highest BCUT2D eigenvalue weighted by atomic mass is 16.2. The van der Waals surface area contributed by atoms with Gasteiger partial charge in [0.2, 0.25) is 23.6 Å². The fourth-order valence-electron chi connectivity index (χ4n) is 3.97. The smallest absolute Gasteiger partial charge is 0.237 e. The zero-order valence-electron chi connectivity index (χ0n) is 19.7. The van der Waals surface area contributed by atoms with Crippen molar-refractivity contribution in [3.63, 3.8) is 0 Å². The Morgan fingerprint density at radius 3 is 1.21 bits per heavy atom. The van der Waals surface area contributed by atoms with Gasteiger partial charge in [0.05, 0.1) is 12.1 Å². The van der Waals surface area contributed by atoms with Crippen molar-refractivity contribution in [1.82, 2.24) is 10.6 Å². The lowest BCUT2D eigenvalue weighted by Gasteiger charge is -2.24. The second kappa shape index (κ2) is 17.3. The minimum Gasteiger partial charge on any atom is -0.412 e. The van der Waals surface area contributed by atoms with Gasteiger partial charge in [0.1, 0.15) is 0 Å². The predicted octanol–water partition coefficient (Wildman–Crippen LogP) is -0.768. The van der Waals surface area contributed by atoms with Crippen LogP contribution in [0.1, 0.15) is 89.9 Å². The van der Waals surface area contributed by atoms with Crippen LogP contribution in [0.5, 0.6) is 0 Å². The lowest BCUT2D eigenvalue weighted by molar-refractivity contribution is -0.125. The molecule has 0 aliphatic heterocycles. The van der Waals surface area contributed by atoms with Crippen LogP contribution in [0.3, 0.4) is 0 Å². The molecule has 2 fully saturated rings. The first-order valence-electron chi connectivity index (χ1n) is 11.9. The summed E-state index contributed by atoms with van der Waals surface area (Å²) in [6.45, 7) is 0. The fraction of sp³-hybridized carbons (Fsp3) is 0.818. The topological polar surface area (TPSA) is 228 Å². The summed E-state index contributed by atoms with van der Waals surface area (Å²) < 4.78 is 0. The fourth-order valence-corrected chi connectivity index (χ4v) is 3.97. The molecule has 2 rings (SSSR count). The molecule has 0 saturated heterocycles. The summed E-state index contributed by atoms with van der Waals surface area (Å²) in [5.74, 6) is -1.15. The van der Waals surface area contributed by atoms with E-state index in [-0.39, 0.29) is 42.2 Å². The van der Waals surface area contributed by atoms with Gasteiger partial charge in [-0.15, -0.1) is 0 Å². The second-order valence-electron chi connectivity index (χ2n) is 8.91. The van der Waals surface area contributed by atoms with Gasteiger partial charge in [0.25, 0.3) is 0 Å². The number of nitrogens with one attached hydrogen (secondary N) is 2. The third kappa shape index (κ3) is 14.5. The summed E-state index contributed by atoms with van der Waals surface area (Å²) in [7, 11) is 0. The first-order valence-corrected chi connectivity index (χ1v) is 11.9. The van der Waals surface area contributed by atoms with Crippen LogP contribution < -0.4 is 33.6 Å². The Labute approximate surface area is 196 Å². The molecule has 0 heterocycles. The van der Waals surface area contributed by atoms with Crippen molar-refractivity contribution in [2.24, 2.45) is 22.9 Å². The Hall–Kier alpha value is -2.24. The highest BCUT2D eigenvalue weighted by molar-refractivity contribution is 5.83. The quantitative estimate of drug-likeness (QED) is 0.239. The first-order chi connectivity index (χ1) is 15.2. The summed E-state index contributed by atoms with van der Waals surface area (Å²) in [5.41, 5.74) is 21.3. The number of hydrogen-bond acceptors (Lipinski definition) is 6. The average molecular weight is 473 g/mol. The zero-order valence-corrected chi connectivity index (χ0v) is 19.7. The van der Waals surface area contributed by atoms with E-state index in [2.05, 4.69) is 10.6 Å². The zero-order chi connectivity index (χ0) is 23.9. The van der Waals surface area contributed by atoms with Crippen LogP contribution in [0, 0.1) is 0 Å².